The summed E-state index contributed by atoms with van der Waals surface area (Å²) in [5.41, 5.74) is 20.9. The largest absolute Gasteiger partial charge is 0.481 e. The molecule has 6 aromatic rings. The van der Waals surface area contributed by atoms with Crippen molar-refractivity contribution < 1.29 is 9.90 Å². The van der Waals surface area contributed by atoms with E-state index in [1.807, 2.05) is 0 Å². The number of piperidine rings is 2. The molecule has 6 aromatic carbocycles. The molecule has 12 nitrogen and oxygen atoms in total. The monoisotopic (exact) mass is 1080 g/mol. The predicted molar refractivity (Wildman–Crippen MR) is 325 cm³/mol. The molecule has 6 fully saturated rings. The average molecular weight is 1080 g/mol. The van der Waals surface area contributed by atoms with E-state index in [-0.39, 0.29) is 51.0 Å². The molecule has 0 amide bonds. The second kappa shape index (κ2) is 17.6. The summed E-state index contributed by atoms with van der Waals surface area (Å²) in [6, 6.07) is 51.5. The van der Waals surface area contributed by atoms with Crippen LogP contribution in [0.4, 0.5) is 28.4 Å². The van der Waals surface area contributed by atoms with Gasteiger partial charge in [0.05, 0.1) is 41.7 Å². The Kier molecular flexibility index (Phi) is 10.9. The van der Waals surface area contributed by atoms with Gasteiger partial charge in [-0.1, -0.05) is 122 Å². The average Bonchev–Trinajstić information content (AvgIpc) is 1.93. The maximum absolute atomic E-state index is 9.00. The topological polar surface area (TPSA) is 114 Å². The standard InChI is InChI=1S/C34H38N4.C33H38N6.C2H4O2/c1-37-19-17-32(25-12-5-6-15-28(25)35-30(32)37)26-13-7-14-27-29(26)36-31-34(27,18-20-38(31)2)33-16-8-10-23(33)21-22-9-3-4-11-24(22)33;1-37-18-15-31(21-9-4-6-13-25(21)34-28(31)37)23-11-8-12-24-27(23)36-30-32-16-19-38(2)29(33(24,32)17-20-39(30)3)35-26-14-7-5-10-22(26)32;1-2(3)4/h3-7,9,11-15,23,30-31,35-36H,8,10,16-21H2,1-2H3;4-14,28-30,34-36H,15-20H2,1-3H3;1H3,(H,3,4)/t23-,30-,31-,32-,33+,34+;28-,29?,30?,31-,32?,33?;/m11./s1. The van der Waals surface area contributed by atoms with Crippen LogP contribution >= 0.6 is 0 Å². The van der Waals surface area contributed by atoms with E-state index in [9.17, 15) is 0 Å². The van der Waals surface area contributed by atoms with E-state index in [2.05, 4.69) is 220 Å². The van der Waals surface area contributed by atoms with Gasteiger partial charge >= 0.3 is 0 Å². The number of benzene rings is 6. The van der Waals surface area contributed by atoms with Gasteiger partial charge < -0.3 is 31.7 Å². The Balaban J connectivity index is 0.000000126. The van der Waals surface area contributed by atoms with E-state index in [1.54, 1.807) is 16.7 Å². The molecule has 1 saturated carbocycles. The lowest BCUT2D eigenvalue weighted by Crippen LogP contribution is -2.80. The normalized spacial score (nSPS) is 36.5. The molecule has 10 heterocycles. The minimum absolute atomic E-state index is 0.00961. The number of rotatable bonds is 3. The van der Waals surface area contributed by atoms with Crippen LogP contribution in [-0.4, -0.2) is 134 Å². The molecule has 4 bridgehead atoms. The SMILES string of the molecule is CC(=O)O.CN1CCC23c4cccc([C@]56CCN(C)[C@H]5Nc5ccccc56)c4NC1C21CCN(C)C3Nc2ccccc21.CN1CC[C@]2(c3cccc4c3N[C@@H]3N(C)CC[C@]43[C@@]34CCC[C@@H]3Cc3ccccc34)c3ccccc3N[C@H]12. The third kappa shape index (κ3) is 6.10. The number of carbonyl (C=O) groups is 1. The summed E-state index contributed by atoms with van der Waals surface area (Å²) in [6.45, 7) is 6.65. The van der Waals surface area contributed by atoms with E-state index in [1.165, 1.54) is 100 Å². The summed E-state index contributed by atoms with van der Waals surface area (Å²) in [4.78, 5) is 21.9. The Morgan fingerprint density at radius 3 is 1.28 bits per heavy atom. The lowest BCUT2D eigenvalue weighted by atomic mass is 9.44. The number of aliphatic carboxylic acids is 1. The Bertz CT molecular complexity index is 3570. The van der Waals surface area contributed by atoms with Gasteiger partial charge in [0.25, 0.3) is 5.97 Å². The first-order valence-corrected chi connectivity index (χ1v) is 30.6. The van der Waals surface area contributed by atoms with Crippen molar-refractivity contribution in [1.29, 1.82) is 0 Å². The molecule has 12 heteroatoms. The molecule has 2 aliphatic carbocycles. The molecule has 10 aliphatic heterocycles. The number of hydrogen-bond donors (Lipinski definition) is 6. The molecule has 12 atom stereocenters. The van der Waals surface area contributed by atoms with Crippen molar-refractivity contribution in [2.75, 3.05) is 94.5 Å². The number of hydrogen-bond acceptors (Lipinski definition) is 11. The summed E-state index contributed by atoms with van der Waals surface area (Å²) < 4.78 is 0. The van der Waals surface area contributed by atoms with Gasteiger partial charge in [0.15, 0.2) is 0 Å². The fraction of sp³-hybridized carbons (Fsp3) is 0.464. The number of fused-ring (bicyclic) bond motifs is 15. The maximum Gasteiger partial charge on any atom is 0.300 e. The van der Waals surface area contributed by atoms with Crippen LogP contribution in [0.15, 0.2) is 133 Å². The molecule has 0 spiro atoms. The van der Waals surface area contributed by atoms with Crippen LogP contribution in [0.2, 0.25) is 0 Å². The van der Waals surface area contributed by atoms with Crippen LogP contribution in [0.25, 0.3) is 0 Å². The predicted octanol–water partition coefficient (Wildman–Crippen LogP) is 10.2. The molecule has 418 valence electrons. The molecule has 81 heavy (non-hydrogen) atoms. The first-order chi connectivity index (χ1) is 39.4. The van der Waals surface area contributed by atoms with Gasteiger partial charge in [0, 0.05) is 89.7 Å². The van der Waals surface area contributed by atoms with Gasteiger partial charge in [0.2, 0.25) is 0 Å². The number of para-hydroxylation sites is 5. The van der Waals surface area contributed by atoms with Crippen molar-refractivity contribution in [2.45, 2.75) is 128 Å². The van der Waals surface area contributed by atoms with Crippen molar-refractivity contribution in [3.05, 3.63) is 184 Å². The van der Waals surface area contributed by atoms with Gasteiger partial charge in [0.1, 0.15) is 0 Å². The molecule has 5 saturated heterocycles. The molecular weight excluding hydrogens is 1000 g/mol. The number of anilines is 5. The Labute approximate surface area is 478 Å². The van der Waals surface area contributed by atoms with Crippen LogP contribution in [0, 0.1) is 5.92 Å². The highest BCUT2D eigenvalue weighted by Crippen LogP contribution is 2.71. The number of carboxylic acid groups (broad SMARTS) is 1. The van der Waals surface area contributed by atoms with Crippen LogP contribution in [0.3, 0.4) is 0 Å². The number of carboxylic acids is 1. The van der Waals surface area contributed by atoms with Gasteiger partial charge in [-0.05, 0) is 161 Å². The van der Waals surface area contributed by atoms with Crippen molar-refractivity contribution in [3.63, 3.8) is 0 Å². The summed E-state index contributed by atoms with van der Waals surface area (Å²) in [5, 5.41) is 28.0. The fourth-order valence-electron chi connectivity index (χ4n) is 21.1. The molecule has 18 rings (SSSR count). The van der Waals surface area contributed by atoms with E-state index in [0.717, 1.165) is 64.7 Å². The summed E-state index contributed by atoms with van der Waals surface area (Å²) >= 11 is 0. The third-order valence-electron chi connectivity index (χ3n) is 23.9. The van der Waals surface area contributed by atoms with Gasteiger partial charge in [-0.25, -0.2) is 0 Å². The molecule has 12 aliphatic rings. The molecule has 0 radical (unpaired) electrons. The second-order valence-electron chi connectivity index (χ2n) is 26.8. The highest BCUT2D eigenvalue weighted by atomic mass is 16.4. The molecular formula is C69H80N10O2. The number of likely N-dealkylation sites (N-methyl/N-ethyl adjacent to an activating group) is 5. The lowest BCUT2D eigenvalue weighted by Gasteiger charge is -2.72. The van der Waals surface area contributed by atoms with Crippen molar-refractivity contribution in [1.82, 2.24) is 24.5 Å². The first kappa shape index (κ1) is 50.3. The van der Waals surface area contributed by atoms with Gasteiger partial charge in [-0.15, -0.1) is 0 Å². The highest BCUT2D eigenvalue weighted by molar-refractivity contribution is 5.80. The summed E-state index contributed by atoms with van der Waals surface area (Å²) in [6.07, 6.45) is 12.6. The molecule has 4 unspecified atom stereocenters. The van der Waals surface area contributed by atoms with Crippen molar-refractivity contribution in [3.8, 4) is 0 Å². The second-order valence-corrected chi connectivity index (χ2v) is 26.8. The minimum atomic E-state index is -0.833. The number of nitrogens with zero attached hydrogens (tertiary/aromatic N) is 5. The summed E-state index contributed by atoms with van der Waals surface area (Å²) in [7, 11) is 11.6. The highest BCUT2D eigenvalue weighted by Gasteiger charge is 2.73. The van der Waals surface area contributed by atoms with E-state index >= 15 is 0 Å². The van der Waals surface area contributed by atoms with Gasteiger partial charge in [-0.2, -0.15) is 0 Å². The van der Waals surface area contributed by atoms with Crippen LogP contribution in [-0.2, 0) is 43.7 Å². The number of likely N-dealkylation sites (tertiary alicyclic amines) is 5. The Morgan fingerprint density at radius 2 is 0.765 bits per heavy atom. The third-order valence-corrected chi connectivity index (χ3v) is 23.9. The van der Waals surface area contributed by atoms with E-state index in [4.69, 9.17) is 9.90 Å². The van der Waals surface area contributed by atoms with Crippen LogP contribution < -0.4 is 26.6 Å². The van der Waals surface area contributed by atoms with Crippen LogP contribution in [0.1, 0.15) is 108 Å². The quantitative estimate of drug-likeness (QED) is 0.101. The van der Waals surface area contributed by atoms with Gasteiger partial charge in [-0.3, -0.25) is 29.3 Å². The maximum atomic E-state index is 9.00. The van der Waals surface area contributed by atoms with Crippen LogP contribution in [0.5, 0.6) is 0 Å². The molecule has 0 aromatic heterocycles. The Hall–Kier alpha value is -6.41. The van der Waals surface area contributed by atoms with E-state index in [0.29, 0.717) is 12.3 Å². The summed E-state index contributed by atoms with van der Waals surface area (Å²) in [5.74, 6) is -0.0808. The zero-order valence-corrected chi connectivity index (χ0v) is 48.2. The number of nitrogens with one attached hydrogen (secondary N) is 5. The molecule has 6 N–H and O–H groups in total. The van der Waals surface area contributed by atoms with E-state index < -0.39 is 5.97 Å². The Morgan fingerprint density at radius 1 is 0.407 bits per heavy atom. The fourth-order valence-corrected chi connectivity index (χ4v) is 21.1. The zero-order valence-electron chi connectivity index (χ0n) is 48.2. The minimum Gasteiger partial charge on any atom is -0.481 e. The smallest absolute Gasteiger partial charge is 0.300 e. The zero-order chi connectivity index (χ0) is 55.0. The first-order valence-electron chi connectivity index (χ1n) is 30.6. The van der Waals surface area contributed by atoms with Crippen molar-refractivity contribution >= 4 is 34.4 Å². The lowest BCUT2D eigenvalue weighted by molar-refractivity contribution is -0.134. The van der Waals surface area contributed by atoms with Crippen molar-refractivity contribution in [2.24, 2.45) is 5.92 Å².